The molecule has 5 nitrogen and oxygen atoms in total. The summed E-state index contributed by atoms with van der Waals surface area (Å²) in [4.78, 5) is 22.0. The number of aryl methyl sites for hydroxylation is 1. The molecule has 2 aromatic carbocycles. The lowest BCUT2D eigenvalue weighted by Crippen LogP contribution is -2.08. The van der Waals surface area contributed by atoms with E-state index in [9.17, 15) is 14.9 Å². The number of benzene rings is 2. The molecule has 0 aromatic heterocycles. The molecule has 0 aliphatic heterocycles. The Morgan fingerprint density at radius 2 is 1.91 bits per heavy atom. The molecule has 0 saturated heterocycles. The highest BCUT2D eigenvalue weighted by Gasteiger charge is 2.13. The molecule has 0 aliphatic rings. The van der Waals surface area contributed by atoms with Crippen molar-refractivity contribution < 1.29 is 9.72 Å². The van der Waals surface area contributed by atoms with Gasteiger partial charge < -0.3 is 5.32 Å². The fourth-order valence-electron chi connectivity index (χ4n) is 1.76. The van der Waals surface area contributed by atoms with Gasteiger partial charge in [0.1, 0.15) is 5.02 Å². The van der Waals surface area contributed by atoms with Crippen molar-refractivity contribution in [2.75, 3.05) is 5.32 Å². The monoisotopic (exact) mass is 316 g/mol. The van der Waals surface area contributed by atoms with E-state index in [1.54, 1.807) is 6.08 Å². The zero-order chi connectivity index (χ0) is 16.1. The molecule has 1 N–H and O–H groups in total. The van der Waals surface area contributed by atoms with Crippen LogP contribution in [-0.4, -0.2) is 10.8 Å². The predicted octanol–water partition coefficient (Wildman–Crippen LogP) is 4.21. The lowest BCUT2D eigenvalue weighted by molar-refractivity contribution is -0.384. The minimum atomic E-state index is -0.597. The summed E-state index contributed by atoms with van der Waals surface area (Å²) in [7, 11) is 0. The molecule has 6 heteroatoms. The van der Waals surface area contributed by atoms with Gasteiger partial charge in [0.2, 0.25) is 5.91 Å². The molecule has 2 rings (SSSR count). The number of hydrogen-bond acceptors (Lipinski definition) is 3. The van der Waals surface area contributed by atoms with Crippen LogP contribution in [0.2, 0.25) is 5.02 Å². The Morgan fingerprint density at radius 3 is 2.55 bits per heavy atom. The van der Waals surface area contributed by atoms with E-state index in [4.69, 9.17) is 11.6 Å². The van der Waals surface area contributed by atoms with Crippen LogP contribution in [0.25, 0.3) is 6.08 Å². The highest BCUT2D eigenvalue weighted by Crippen LogP contribution is 2.27. The van der Waals surface area contributed by atoms with Crippen LogP contribution in [0, 0.1) is 17.0 Å². The van der Waals surface area contributed by atoms with Crippen molar-refractivity contribution in [2.45, 2.75) is 6.92 Å². The van der Waals surface area contributed by atoms with E-state index in [0.717, 1.165) is 11.1 Å². The van der Waals surface area contributed by atoms with E-state index >= 15 is 0 Å². The van der Waals surface area contributed by atoms with Gasteiger partial charge in [-0.3, -0.25) is 14.9 Å². The van der Waals surface area contributed by atoms with Gasteiger partial charge >= 0.3 is 0 Å². The second kappa shape index (κ2) is 6.87. The first kappa shape index (κ1) is 15.7. The first-order chi connectivity index (χ1) is 10.5. The van der Waals surface area contributed by atoms with Gasteiger partial charge in [-0.2, -0.15) is 0 Å². The van der Waals surface area contributed by atoms with Crippen LogP contribution in [0.15, 0.2) is 48.5 Å². The second-order valence-corrected chi connectivity index (χ2v) is 5.06. The first-order valence-corrected chi connectivity index (χ1v) is 6.83. The van der Waals surface area contributed by atoms with Gasteiger partial charge in [0.25, 0.3) is 5.69 Å². The van der Waals surface area contributed by atoms with Crippen LogP contribution >= 0.6 is 11.6 Å². The maximum Gasteiger partial charge on any atom is 0.289 e. The second-order valence-electron chi connectivity index (χ2n) is 4.66. The quantitative estimate of drug-likeness (QED) is 0.521. The number of nitrogens with zero attached hydrogens (tertiary/aromatic N) is 1. The summed E-state index contributed by atoms with van der Waals surface area (Å²) in [6.07, 6.45) is 3.03. The Hall–Kier alpha value is -2.66. The Kier molecular flexibility index (Phi) is 4.91. The number of carbonyl (C=O) groups excluding carboxylic acids is 1. The summed E-state index contributed by atoms with van der Waals surface area (Å²) < 4.78 is 0. The molecule has 0 bridgehead atoms. The predicted molar refractivity (Wildman–Crippen MR) is 86.9 cm³/mol. The van der Waals surface area contributed by atoms with Crippen molar-refractivity contribution in [3.63, 3.8) is 0 Å². The van der Waals surface area contributed by atoms with Crippen molar-refractivity contribution in [3.8, 4) is 0 Å². The fraction of sp³-hybridized carbons (Fsp3) is 0.0625. The van der Waals surface area contributed by atoms with E-state index < -0.39 is 4.92 Å². The first-order valence-electron chi connectivity index (χ1n) is 6.45. The largest absolute Gasteiger partial charge is 0.322 e. The normalized spacial score (nSPS) is 10.6. The minimum absolute atomic E-state index is 0.0261. The summed E-state index contributed by atoms with van der Waals surface area (Å²) in [5.41, 5.74) is 2.09. The number of nitro benzene ring substituents is 1. The van der Waals surface area contributed by atoms with Gasteiger partial charge in [0.05, 0.1) is 4.92 Å². The van der Waals surface area contributed by atoms with Crippen molar-refractivity contribution in [2.24, 2.45) is 0 Å². The number of nitro groups is 1. The third-order valence-corrected chi connectivity index (χ3v) is 3.23. The highest BCUT2D eigenvalue weighted by atomic mass is 35.5. The standard InChI is InChI=1S/C16H13ClN2O3/c1-11-2-4-12(5-3-11)6-9-16(20)18-13-7-8-14(17)15(10-13)19(21)22/h2-10H,1H3,(H,18,20)/b9-6+. The number of halogens is 1. The molecule has 0 heterocycles. The molecule has 0 spiro atoms. The Labute approximate surface area is 132 Å². The summed E-state index contributed by atoms with van der Waals surface area (Å²) in [6, 6.07) is 11.8. The van der Waals surface area contributed by atoms with Gasteiger partial charge in [0.15, 0.2) is 0 Å². The Balaban J connectivity index is 2.07. The summed E-state index contributed by atoms with van der Waals surface area (Å²) in [5, 5.41) is 13.4. The van der Waals surface area contributed by atoms with E-state index in [0.29, 0.717) is 5.69 Å². The fourth-order valence-corrected chi connectivity index (χ4v) is 1.95. The molecular formula is C16H13ClN2O3. The molecule has 0 radical (unpaired) electrons. The average molecular weight is 317 g/mol. The number of amides is 1. The average Bonchev–Trinajstić information content (AvgIpc) is 2.48. The minimum Gasteiger partial charge on any atom is -0.322 e. The van der Waals surface area contributed by atoms with Gasteiger partial charge in [-0.05, 0) is 30.7 Å². The van der Waals surface area contributed by atoms with Gasteiger partial charge in [-0.15, -0.1) is 0 Å². The molecular weight excluding hydrogens is 304 g/mol. The molecule has 0 saturated carbocycles. The van der Waals surface area contributed by atoms with Crippen LogP contribution in [0.1, 0.15) is 11.1 Å². The van der Waals surface area contributed by atoms with E-state index in [2.05, 4.69) is 5.32 Å². The number of rotatable bonds is 4. The van der Waals surface area contributed by atoms with Crippen molar-refractivity contribution in [1.29, 1.82) is 0 Å². The summed E-state index contributed by atoms with van der Waals surface area (Å²) >= 11 is 5.71. The van der Waals surface area contributed by atoms with E-state index in [1.807, 2.05) is 31.2 Å². The summed E-state index contributed by atoms with van der Waals surface area (Å²) in [5.74, 6) is -0.378. The molecule has 22 heavy (non-hydrogen) atoms. The molecule has 2 aromatic rings. The zero-order valence-corrected chi connectivity index (χ0v) is 12.5. The van der Waals surface area contributed by atoms with Crippen molar-refractivity contribution >= 4 is 35.0 Å². The molecule has 0 aliphatic carbocycles. The van der Waals surface area contributed by atoms with E-state index in [-0.39, 0.29) is 16.6 Å². The van der Waals surface area contributed by atoms with Crippen molar-refractivity contribution in [3.05, 3.63) is 74.8 Å². The smallest absolute Gasteiger partial charge is 0.289 e. The highest BCUT2D eigenvalue weighted by molar-refractivity contribution is 6.32. The van der Waals surface area contributed by atoms with Gasteiger partial charge in [-0.25, -0.2) is 0 Å². The maximum atomic E-state index is 11.8. The van der Waals surface area contributed by atoms with Gasteiger partial charge in [0, 0.05) is 17.8 Å². The lowest BCUT2D eigenvalue weighted by Gasteiger charge is -2.03. The topological polar surface area (TPSA) is 72.2 Å². The SMILES string of the molecule is Cc1ccc(/C=C/C(=O)Nc2ccc(Cl)c([N+](=O)[O-])c2)cc1. The van der Waals surface area contributed by atoms with Crippen LogP contribution in [-0.2, 0) is 4.79 Å². The number of nitrogens with one attached hydrogen (secondary N) is 1. The maximum absolute atomic E-state index is 11.8. The van der Waals surface area contributed by atoms with Crippen molar-refractivity contribution in [1.82, 2.24) is 0 Å². The molecule has 112 valence electrons. The van der Waals surface area contributed by atoms with Crippen LogP contribution in [0.3, 0.4) is 0 Å². The molecule has 1 amide bonds. The van der Waals surface area contributed by atoms with Crippen LogP contribution < -0.4 is 5.32 Å². The van der Waals surface area contributed by atoms with E-state index in [1.165, 1.54) is 24.3 Å². The Morgan fingerprint density at radius 1 is 1.23 bits per heavy atom. The summed E-state index contributed by atoms with van der Waals surface area (Å²) in [6.45, 7) is 1.98. The Bertz CT molecular complexity index is 740. The van der Waals surface area contributed by atoms with Crippen LogP contribution in [0.5, 0.6) is 0 Å². The number of hydrogen-bond donors (Lipinski definition) is 1. The molecule has 0 atom stereocenters. The van der Waals surface area contributed by atoms with Gasteiger partial charge in [-0.1, -0.05) is 41.4 Å². The third kappa shape index (κ3) is 4.17. The lowest BCUT2D eigenvalue weighted by atomic mass is 10.1. The number of carbonyl (C=O) groups is 1. The number of anilines is 1. The third-order valence-electron chi connectivity index (χ3n) is 2.91. The molecule has 0 unspecified atom stereocenters. The van der Waals surface area contributed by atoms with Crippen LogP contribution in [0.4, 0.5) is 11.4 Å². The molecule has 0 fully saturated rings. The zero-order valence-electron chi connectivity index (χ0n) is 11.7.